The Bertz CT molecular complexity index is 581. The van der Waals surface area contributed by atoms with E-state index in [1.807, 2.05) is 4.90 Å². The molecule has 108 valence electrons. The third kappa shape index (κ3) is 2.28. The highest BCUT2D eigenvalue weighted by Gasteiger charge is 2.39. The first-order valence-electron chi connectivity index (χ1n) is 6.62. The van der Waals surface area contributed by atoms with Gasteiger partial charge in [0.15, 0.2) is 5.78 Å². The quantitative estimate of drug-likeness (QED) is 0.842. The van der Waals surface area contributed by atoms with Crippen LogP contribution >= 0.6 is 0 Å². The Labute approximate surface area is 118 Å². The van der Waals surface area contributed by atoms with Crippen molar-refractivity contribution in [1.82, 2.24) is 5.32 Å². The van der Waals surface area contributed by atoms with Gasteiger partial charge in [-0.3, -0.25) is 9.59 Å². The summed E-state index contributed by atoms with van der Waals surface area (Å²) < 4.78 is 13.7. The van der Waals surface area contributed by atoms with Gasteiger partial charge >= 0.3 is 0 Å². The molecule has 0 atom stereocenters. The van der Waals surface area contributed by atoms with Crippen LogP contribution in [0, 0.1) is 12.7 Å². The van der Waals surface area contributed by atoms with Gasteiger partial charge in [0.05, 0.1) is 0 Å². The Balaban J connectivity index is 2.59. The second-order valence-electron chi connectivity index (χ2n) is 5.64. The number of aryl methyl sites for hydroxylation is 1. The molecule has 1 aromatic rings. The van der Waals surface area contributed by atoms with Crippen molar-refractivity contribution in [3.8, 4) is 0 Å². The minimum Gasteiger partial charge on any atom is -0.355 e. The highest BCUT2D eigenvalue weighted by molar-refractivity contribution is 6.01. The van der Waals surface area contributed by atoms with Gasteiger partial charge in [0.1, 0.15) is 11.4 Å². The van der Waals surface area contributed by atoms with Crippen LogP contribution in [0.1, 0.15) is 36.7 Å². The molecule has 5 heteroatoms. The van der Waals surface area contributed by atoms with Crippen molar-refractivity contribution in [2.75, 3.05) is 18.0 Å². The Kier molecular flexibility index (Phi) is 3.54. The molecule has 0 spiro atoms. The van der Waals surface area contributed by atoms with Crippen LogP contribution in [-0.2, 0) is 4.79 Å². The van der Waals surface area contributed by atoms with E-state index in [1.54, 1.807) is 26.8 Å². The van der Waals surface area contributed by atoms with E-state index in [4.69, 9.17) is 0 Å². The molecule has 4 nitrogen and oxygen atoms in total. The summed E-state index contributed by atoms with van der Waals surface area (Å²) in [6, 6.07) is 2.90. The van der Waals surface area contributed by atoms with Crippen molar-refractivity contribution in [2.24, 2.45) is 0 Å². The third-order valence-electron chi connectivity index (χ3n) is 3.80. The summed E-state index contributed by atoms with van der Waals surface area (Å²) in [6.07, 6.45) is 0. The van der Waals surface area contributed by atoms with Gasteiger partial charge < -0.3 is 10.2 Å². The Morgan fingerprint density at radius 3 is 2.65 bits per heavy atom. The SMILES string of the molecule is CC(=O)c1cc(F)c(C)cc1N1CCNC(=O)C1(C)C. The van der Waals surface area contributed by atoms with Crippen LogP contribution in [0.3, 0.4) is 0 Å². The maximum atomic E-state index is 13.7. The number of amides is 1. The number of hydrogen-bond donors (Lipinski definition) is 1. The standard InChI is InChI=1S/C15H19FN2O2/c1-9-7-13(11(10(2)19)8-12(9)16)18-6-5-17-14(20)15(18,3)4/h7-8H,5-6H2,1-4H3,(H,17,20). The second kappa shape index (κ2) is 4.89. The van der Waals surface area contributed by atoms with Crippen LogP contribution in [0.4, 0.5) is 10.1 Å². The zero-order valence-corrected chi connectivity index (χ0v) is 12.2. The number of benzene rings is 1. The molecule has 0 aliphatic carbocycles. The summed E-state index contributed by atoms with van der Waals surface area (Å²) in [7, 11) is 0. The van der Waals surface area contributed by atoms with Gasteiger partial charge in [0, 0.05) is 24.3 Å². The van der Waals surface area contributed by atoms with E-state index in [0.29, 0.717) is 29.9 Å². The first-order valence-corrected chi connectivity index (χ1v) is 6.62. The third-order valence-corrected chi connectivity index (χ3v) is 3.80. The van der Waals surface area contributed by atoms with Crippen molar-refractivity contribution < 1.29 is 14.0 Å². The first-order chi connectivity index (χ1) is 9.25. The first kappa shape index (κ1) is 14.5. The minimum atomic E-state index is -0.771. The maximum Gasteiger partial charge on any atom is 0.245 e. The highest BCUT2D eigenvalue weighted by atomic mass is 19.1. The zero-order chi connectivity index (χ0) is 15.1. The molecule has 0 bridgehead atoms. The van der Waals surface area contributed by atoms with Crippen molar-refractivity contribution >= 4 is 17.4 Å². The predicted molar refractivity (Wildman–Crippen MR) is 75.6 cm³/mol. The van der Waals surface area contributed by atoms with Crippen molar-refractivity contribution in [3.05, 3.63) is 29.1 Å². The van der Waals surface area contributed by atoms with Gasteiger partial charge in [-0.1, -0.05) is 0 Å². The fourth-order valence-corrected chi connectivity index (χ4v) is 2.49. The molecule has 2 rings (SSSR count). The van der Waals surface area contributed by atoms with Gasteiger partial charge in [-0.05, 0) is 45.4 Å². The molecule has 1 amide bonds. The molecule has 1 heterocycles. The van der Waals surface area contributed by atoms with Crippen LogP contribution in [0.25, 0.3) is 0 Å². The molecule has 1 N–H and O–H groups in total. The van der Waals surface area contributed by atoms with Crippen molar-refractivity contribution in [3.63, 3.8) is 0 Å². The van der Waals surface area contributed by atoms with E-state index in [2.05, 4.69) is 5.32 Å². The molecule has 1 aliphatic rings. The smallest absolute Gasteiger partial charge is 0.245 e. The summed E-state index contributed by atoms with van der Waals surface area (Å²) >= 11 is 0. The van der Waals surface area contributed by atoms with E-state index >= 15 is 0 Å². The molecule has 0 unspecified atom stereocenters. The molecule has 0 saturated carbocycles. The summed E-state index contributed by atoms with van der Waals surface area (Å²) in [4.78, 5) is 25.7. The maximum absolute atomic E-state index is 13.7. The summed E-state index contributed by atoms with van der Waals surface area (Å²) in [5.41, 5.74) is 0.631. The normalized spacial score (nSPS) is 17.9. The number of piperazine rings is 1. The lowest BCUT2D eigenvalue weighted by atomic mass is 9.95. The molecule has 1 fully saturated rings. The van der Waals surface area contributed by atoms with E-state index in [-0.39, 0.29) is 11.7 Å². The van der Waals surface area contributed by atoms with Gasteiger partial charge in [0.2, 0.25) is 5.91 Å². The number of halogens is 1. The van der Waals surface area contributed by atoms with Gasteiger partial charge in [0.25, 0.3) is 0 Å². The number of nitrogens with zero attached hydrogens (tertiary/aromatic N) is 1. The largest absolute Gasteiger partial charge is 0.355 e. The molecule has 20 heavy (non-hydrogen) atoms. The average Bonchev–Trinajstić information content (AvgIpc) is 2.35. The number of carbonyl (C=O) groups excluding carboxylic acids is 2. The van der Waals surface area contributed by atoms with Crippen LogP contribution in [0.15, 0.2) is 12.1 Å². The number of hydrogen-bond acceptors (Lipinski definition) is 3. The fraction of sp³-hybridized carbons (Fsp3) is 0.467. The molecular formula is C15H19FN2O2. The van der Waals surface area contributed by atoms with Gasteiger partial charge in [-0.2, -0.15) is 0 Å². The van der Waals surface area contributed by atoms with Crippen LogP contribution in [0.2, 0.25) is 0 Å². The monoisotopic (exact) mass is 278 g/mol. The lowest BCUT2D eigenvalue weighted by Gasteiger charge is -2.43. The lowest BCUT2D eigenvalue weighted by Crippen LogP contribution is -2.62. The number of nitrogens with one attached hydrogen (secondary N) is 1. The Hall–Kier alpha value is -1.91. The average molecular weight is 278 g/mol. The fourth-order valence-electron chi connectivity index (χ4n) is 2.49. The lowest BCUT2D eigenvalue weighted by molar-refractivity contribution is -0.126. The predicted octanol–water partition coefficient (Wildman–Crippen LogP) is 2.05. The molecule has 1 aromatic carbocycles. The number of ketones is 1. The van der Waals surface area contributed by atoms with E-state index in [1.165, 1.54) is 13.0 Å². The van der Waals surface area contributed by atoms with Gasteiger partial charge in [-0.15, -0.1) is 0 Å². The number of carbonyl (C=O) groups is 2. The van der Waals surface area contributed by atoms with Crippen molar-refractivity contribution in [2.45, 2.75) is 33.2 Å². The van der Waals surface area contributed by atoms with Crippen molar-refractivity contribution in [1.29, 1.82) is 0 Å². The van der Waals surface area contributed by atoms with E-state index in [9.17, 15) is 14.0 Å². The molecule has 0 radical (unpaired) electrons. The van der Waals surface area contributed by atoms with Crippen LogP contribution in [0.5, 0.6) is 0 Å². The van der Waals surface area contributed by atoms with Crippen LogP contribution < -0.4 is 10.2 Å². The number of Topliss-reactive ketones (excluding diaryl/α,β-unsaturated/α-hetero) is 1. The molecule has 0 aromatic heterocycles. The van der Waals surface area contributed by atoms with Gasteiger partial charge in [-0.25, -0.2) is 4.39 Å². The minimum absolute atomic E-state index is 0.0970. The summed E-state index contributed by atoms with van der Waals surface area (Å²) in [5.74, 6) is -0.709. The highest BCUT2D eigenvalue weighted by Crippen LogP contribution is 2.31. The van der Waals surface area contributed by atoms with E-state index in [0.717, 1.165) is 0 Å². The van der Waals surface area contributed by atoms with E-state index < -0.39 is 11.4 Å². The number of rotatable bonds is 2. The summed E-state index contributed by atoms with van der Waals surface area (Å²) in [5, 5.41) is 2.81. The molecule has 1 aliphatic heterocycles. The number of anilines is 1. The second-order valence-corrected chi connectivity index (χ2v) is 5.64. The molecule has 1 saturated heterocycles. The summed E-state index contributed by atoms with van der Waals surface area (Å²) in [6.45, 7) is 7.75. The Morgan fingerprint density at radius 1 is 1.40 bits per heavy atom. The zero-order valence-electron chi connectivity index (χ0n) is 12.2. The molecular weight excluding hydrogens is 259 g/mol. The Morgan fingerprint density at radius 2 is 2.05 bits per heavy atom. The van der Waals surface area contributed by atoms with Crippen LogP contribution in [-0.4, -0.2) is 30.3 Å². The topological polar surface area (TPSA) is 49.4 Å².